The zero-order valence-electron chi connectivity index (χ0n) is 12.5. The van der Waals surface area contributed by atoms with Crippen molar-refractivity contribution in [3.05, 3.63) is 22.8 Å². The van der Waals surface area contributed by atoms with Crippen molar-refractivity contribution in [2.45, 2.75) is 53.1 Å². The van der Waals surface area contributed by atoms with Gasteiger partial charge in [-0.1, -0.05) is 25.4 Å². The Morgan fingerprint density at radius 3 is 2.68 bits per heavy atom. The van der Waals surface area contributed by atoms with E-state index in [0.29, 0.717) is 6.04 Å². The molecule has 1 unspecified atom stereocenters. The Morgan fingerprint density at radius 2 is 2.11 bits per heavy atom. The number of pyridine rings is 1. The highest BCUT2D eigenvalue weighted by Gasteiger charge is 2.13. The second kappa shape index (κ2) is 8.39. The molecule has 0 aromatic carbocycles. The molecule has 108 valence electrons. The summed E-state index contributed by atoms with van der Waals surface area (Å²) in [6.07, 6.45) is 4.01. The van der Waals surface area contributed by atoms with Gasteiger partial charge in [-0.15, -0.1) is 0 Å². The van der Waals surface area contributed by atoms with Gasteiger partial charge in [-0.25, -0.2) is 4.98 Å². The third-order valence-electron chi connectivity index (χ3n) is 3.42. The molecule has 1 heterocycles. The van der Waals surface area contributed by atoms with Crippen LogP contribution in [0.2, 0.25) is 5.02 Å². The number of hydrogen-bond donors (Lipinski definition) is 1. The van der Waals surface area contributed by atoms with Crippen LogP contribution in [0.5, 0.6) is 0 Å². The van der Waals surface area contributed by atoms with E-state index < -0.39 is 0 Å². The second-order valence-corrected chi connectivity index (χ2v) is 5.26. The van der Waals surface area contributed by atoms with Crippen molar-refractivity contribution in [2.75, 3.05) is 18.0 Å². The summed E-state index contributed by atoms with van der Waals surface area (Å²) in [5.74, 6) is 1.02. The Labute approximate surface area is 122 Å². The standard InChI is InChI=1S/C15H26ClN3/c1-5-8-17-10-13-9-15(18-11-14(13)16)19(7-3)12(4)6-2/h9,11-12,17H,5-8,10H2,1-4H3. The van der Waals surface area contributed by atoms with Crippen LogP contribution in [0.1, 0.15) is 46.1 Å². The number of hydrogen-bond acceptors (Lipinski definition) is 3. The van der Waals surface area contributed by atoms with E-state index in [1.165, 1.54) is 0 Å². The van der Waals surface area contributed by atoms with Crippen LogP contribution < -0.4 is 10.2 Å². The van der Waals surface area contributed by atoms with E-state index in [4.69, 9.17) is 11.6 Å². The highest BCUT2D eigenvalue weighted by atomic mass is 35.5. The van der Waals surface area contributed by atoms with Crippen molar-refractivity contribution in [1.82, 2.24) is 10.3 Å². The first-order valence-corrected chi connectivity index (χ1v) is 7.63. The third kappa shape index (κ3) is 4.66. The summed E-state index contributed by atoms with van der Waals surface area (Å²) in [7, 11) is 0. The summed E-state index contributed by atoms with van der Waals surface area (Å²) >= 11 is 6.22. The van der Waals surface area contributed by atoms with Crippen LogP contribution in [-0.2, 0) is 6.54 Å². The predicted octanol–water partition coefficient (Wildman–Crippen LogP) is 3.86. The van der Waals surface area contributed by atoms with Gasteiger partial charge in [0, 0.05) is 25.3 Å². The molecule has 3 nitrogen and oxygen atoms in total. The highest BCUT2D eigenvalue weighted by Crippen LogP contribution is 2.22. The molecule has 0 aliphatic rings. The van der Waals surface area contributed by atoms with Gasteiger partial charge in [0.25, 0.3) is 0 Å². The summed E-state index contributed by atoms with van der Waals surface area (Å²) in [4.78, 5) is 6.79. The summed E-state index contributed by atoms with van der Waals surface area (Å²) in [6.45, 7) is 11.5. The number of halogens is 1. The zero-order chi connectivity index (χ0) is 14.3. The molecule has 0 amide bonds. The average Bonchev–Trinajstić information content (AvgIpc) is 2.42. The largest absolute Gasteiger partial charge is 0.354 e. The Balaban J connectivity index is 2.87. The zero-order valence-corrected chi connectivity index (χ0v) is 13.3. The third-order valence-corrected chi connectivity index (χ3v) is 3.76. The Bertz CT molecular complexity index is 382. The maximum atomic E-state index is 6.22. The molecule has 1 aromatic rings. The SMILES string of the molecule is CCCNCc1cc(N(CC)C(C)CC)ncc1Cl. The molecule has 0 spiro atoms. The lowest BCUT2D eigenvalue weighted by Gasteiger charge is -2.28. The van der Waals surface area contributed by atoms with Gasteiger partial charge in [0.1, 0.15) is 5.82 Å². The van der Waals surface area contributed by atoms with E-state index in [-0.39, 0.29) is 0 Å². The highest BCUT2D eigenvalue weighted by molar-refractivity contribution is 6.31. The lowest BCUT2D eigenvalue weighted by atomic mass is 10.2. The molecule has 4 heteroatoms. The number of nitrogens with zero attached hydrogens (tertiary/aromatic N) is 2. The molecule has 1 atom stereocenters. The normalized spacial score (nSPS) is 12.5. The molecule has 1 rings (SSSR count). The number of nitrogens with one attached hydrogen (secondary N) is 1. The van der Waals surface area contributed by atoms with Crippen molar-refractivity contribution in [3.63, 3.8) is 0 Å². The molecule has 0 aliphatic carbocycles. The first kappa shape index (κ1) is 16.3. The average molecular weight is 284 g/mol. The minimum Gasteiger partial charge on any atom is -0.354 e. The maximum Gasteiger partial charge on any atom is 0.129 e. The topological polar surface area (TPSA) is 28.2 Å². The first-order chi connectivity index (χ1) is 9.13. The van der Waals surface area contributed by atoms with E-state index in [1.807, 2.05) is 0 Å². The molecule has 1 N–H and O–H groups in total. The van der Waals surface area contributed by atoms with Crippen LogP contribution in [0.15, 0.2) is 12.3 Å². The van der Waals surface area contributed by atoms with Crippen LogP contribution >= 0.6 is 11.6 Å². The molecule has 0 saturated heterocycles. The van der Waals surface area contributed by atoms with Crippen LogP contribution in [0.4, 0.5) is 5.82 Å². The van der Waals surface area contributed by atoms with Crippen LogP contribution in [-0.4, -0.2) is 24.1 Å². The van der Waals surface area contributed by atoms with E-state index in [1.54, 1.807) is 6.20 Å². The summed E-state index contributed by atoms with van der Waals surface area (Å²) in [6, 6.07) is 2.61. The number of rotatable bonds is 8. The van der Waals surface area contributed by atoms with Gasteiger partial charge in [0.05, 0.1) is 5.02 Å². The fourth-order valence-corrected chi connectivity index (χ4v) is 2.25. The fourth-order valence-electron chi connectivity index (χ4n) is 2.08. The lowest BCUT2D eigenvalue weighted by Crippen LogP contribution is -2.33. The van der Waals surface area contributed by atoms with Crippen LogP contribution in [0.3, 0.4) is 0 Å². The molecular weight excluding hydrogens is 258 g/mol. The molecule has 19 heavy (non-hydrogen) atoms. The Morgan fingerprint density at radius 1 is 1.37 bits per heavy atom. The van der Waals surface area contributed by atoms with Crippen LogP contribution in [0, 0.1) is 0 Å². The van der Waals surface area contributed by atoms with E-state index >= 15 is 0 Å². The molecular formula is C15H26ClN3. The number of anilines is 1. The minimum absolute atomic E-state index is 0.495. The quantitative estimate of drug-likeness (QED) is 0.734. The van der Waals surface area contributed by atoms with Crippen molar-refractivity contribution in [3.8, 4) is 0 Å². The fraction of sp³-hybridized carbons (Fsp3) is 0.667. The molecule has 0 fully saturated rings. The molecule has 0 saturated carbocycles. The van der Waals surface area contributed by atoms with E-state index in [2.05, 4.69) is 49.0 Å². The minimum atomic E-state index is 0.495. The monoisotopic (exact) mass is 283 g/mol. The second-order valence-electron chi connectivity index (χ2n) is 4.85. The van der Waals surface area contributed by atoms with Crippen molar-refractivity contribution in [2.24, 2.45) is 0 Å². The maximum absolute atomic E-state index is 6.22. The summed E-state index contributed by atoms with van der Waals surface area (Å²) in [5.41, 5.74) is 1.13. The van der Waals surface area contributed by atoms with Gasteiger partial charge in [0.2, 0.25) is 0 Å². The van der Waals surface area contributed by atoms with Crippen molar-refractivity contribution < 1.29 is 0 Å². The Hall–Kier alpha value is -0.800. The van der Waals surface area contributed by atoms with Gasteiger partial charge in [-0.2, -0.15) is 0 Å². The molecule has 0 radical (unpaired) electrons. The van der Waals surface area contributed by atoms with Gasteiger partial charge in [-0.05, 0) is 44.9 Å². The molecule has 0 aliphatic heterocycles. The molecule has 1 aromatic heterocycles. The van der Waals surface area contributed by atoms with E-state index in [9.17, 15) is 0 Å². The Kier molecular flexibility index (Phi) is 7.17. The van der Waals surface area contributed by atoms with Crippen LogP contribution in [0.25, 0.3) is 0 Å². The predicted molar refractivity (Wildman–Crippen MR) is 84.0 cm³/mol. The van der Waals surface area contributed by atoms with Gasteiger partial charge in [-0.3, -0.25) is 0 Å². The van der Waals surface area contributed by atoms with Crippen molar-refractivity contribution >= 4 is 17.4 Å². The smallest absolute Gasteiger partial charge is 0.129 e. The van der Waals surface area contributed by atoms with Gasteiger partial charge in [0.15, 0.2) is 0 Å². The van der Waals surface area contributed by atoms with Crippen molar-refractivity contribution in [1.29, 1.82) is 0 Å². The lowest BCUT2D eigenvalue weighted by molar-refractivity contribution is 0.621. The van der Waals surface area contributed by atoms with Gasteiger partial charge < -0.3 is 10.2 Å². The molecule has 0 bridgehead atoms. The first-order valence-electron chi connectivity index (χ1n) is 7.25. The number of aromatic nitrogens is 1. The van der Waals surface area contributed by atoms with E-state index in [0.717, 1.165) is 48.9 Å². The summed E-state index contributed by atoms with van der Waals surface area (Å²) in [5, 5.41) is 4.13. The van der Waals surface area contributed by atoms with Gasteiger partial charge >= 0.3 is 0 Å². The summed E-state index contributed by atoms with van der Waals surface area (Å²) < 4.78 is 0.